The number of allylic oxidation sites excluding steroid dienone is 5. The third-order valence-corrected chi connectivity index (χ3v) is 9.22. The molecule has 0 amide bonds. The first-order valence-electron chi connectivity index (χ1n) is 15.3. The van der Waals surface area contributed by atoms with Crippen LogP contribution >= 0.6 is 19.3 Å². The van der Waals surface area contributed by atoms with E-state index in [2.05, 4.69) is 53.7 Å². The van der Waals surface area contributed by atoms with E-state index in [4.69, 9.17) is 30.2 Å². The largest absolute Gasteiger partial charge is 0.481 e. The number of hydrogen-bond acceptors (Lipinski definition) is 7. The summed E-state index contributed by atoms with van der Waals surface area (Å²) >= 11 is 5.89. The molecule has 1 heterocycles. The Morgan fingerprint density at radius 1 is 1.02 bits per heavy atom. The van der Waals surface area contributed by atoms with E-state index in [0.29, 0.717) is 38.1 Å². The van der Waals surface area contributed by atoms with Crippen molar-refractivity contribution in [1.29, 1.82) is 0 Å². The Kier molecular flexibility index (Phi) is 18.8. The maximum Gasteiger partial charge on any atom is 0.433 e. The zero-order chi connectivity index (χ0) is 33.2. The second-order valence-corrected chi connectivity index (χ2v) is 14.5. The summed E-state index contributed by atoms with van der Waals surface area (Å²) in [6.07, 6.45) is 12.4. The van der Waals surface area contributed by atoms with Gasteiger partial charge in [-0.15, -0.1) is 11.6 Å². The highest BCUT2D eigenvalue weighted by atomic mass is 35.5. The Morgan fingerprint density at radius 3 is 2.25 bits per heavy atom. The first-order valence-corrected chi connectivity index (χ1v) is 17.3. The summed E-state index contributed by atoms with van der Waals surface area (Å²) in [5.74, 6) is -0.752. The average Bonchev–Trinajstić information content (AvgIpc) is 3.41. The van der Waals surface area contributed by atoms with Crippen LogP contribution < -0.4 is 0 Å². The lowest BCUT2D eigenvalue weighted by molar-refractivity contribution is -0.402. The topological polar surface area (TPSA) is 132 Å². The maximum atomic E-state index is 14.3. The van der Waals surface area contributed by atoms with Crippen LogP contribution in [0.5, 0.6) is 0 Å². The first kappa shape index (κ1) is 39.8. The predicted octanol–water partition coefficient (Wildman–Crippen LogP) is 9.85. The molecule has 1 aromatic heterocycles. The van der Waals surface area contributed by atoms with E-state index in [0.717, 1.165) is 31.3 Å². The van der Waals surface area contributed by atoms with Gasteiger partial charge in [-0.1, -0.05) is 55.7 Å². The van der Waals surface area contributed by atoms with Crippen molar-refractivity contribution >= 4 is 31.2 Å². The van der Waals surface area contributed by atoms with Crippen LogP contribution in [0, 0.1) is 15.5 Å². The normalized spacial score (nSPS) is 14.1. The van der Waals surface area contributed by atoms with E-state index in [1.165, 1.54) is 23.3 Å². The van der Waals surface area contributed by atoms with Crippen molar-refractivity contribution in [2.75, 3.05) is 25.6 Å². The summed E-state index contributed by atoms with van der Waals surface area (Å²) in [7, 11) is -3.93. The van der Waals surface area contributed by atoms with Crippen molar-refractivity contribution in [3.05, 3.63) is 63.0 Å². The number of carbonyl (C=O) groups is 1. The number of nitrogens with zero attached hydrogens (tertiary/aromatic N) is 2. The summed E-state index contributed by atoms with van der Waals surface area (Å²) in [6, 6.07) is 2.62. The van der Waals surface area contributed by atoms with Crippen LogP contribution in [0.4, 0.5) is 5.88 Å². The van der Waals surface area contributed by atoms with Gasteiger partial charge < -0.3 is 9.52 Å². The van der Waals surface area contributed by atoms with Gasteiger partial charge in [0.15, 0.2) is 0 Å². The van der Waals surface area contributed by atoms with Gasteiger partial charge in [0.25, 0.3) is 0 Å². The molecule has 250 valence electrons. The Bertz CT molecular complexity index is 1170. The fourth-order valence-electron chi connectivity index (χ4n) is 4.38. The van der Waals surface area contributed by atoms with Gasteiger partial charge in [-0.25, -0.2) is 9.24 Å². The molecule has 0 aliphatic heterocycles. The van der Waals surface area contributed by atoms with Crippen LogP contribution in [0.3, 0.4) is 0 Å². The van der Waals surface area contributed by atoms with Crippen LogP contribution in [0.15, 0.2) is 51.5 Å². The van der Waals surface area contributed by atoms with E-state index in [9.17, 15) is 19.5 Å². The maximum absolute atomic E-state index is 14.3. The molecule has 0 saturated heterocycles. The molecule has 44 heavy (non-hydrogen) atoms. The SMILES string of the molecule is CC(C)=CCC/C(C)=C/CC/C(=C/COP(=O)(OCc1ccc([N+](=O)[O-])o1)N(CCCCCl)CCCCC(=O)O)C(C)(C)C. The number of furan rings is 1. The molecule has 0 saturated carbocycles. The second kappa shape index (κ2) is 20.7. The molecule has 0 spiro atoms. The number of aliphatic carboxylic acids is 1. The van der Waals surface area contributed by atoms with Crippen molar-refractivity contribution in [2.24, 2.45) is 5.41 Å². The lowest BCUT2D eigenvalue weighted by Gasteiger charge is -2.30. The number of alkyl halides is 1. The summed E-state index contributed by atoms with van der Waals surface area (Å²) in [5, 5.41) is 20.1. The zero-order valence-corrected chi connectivity index (χ0v) is 29.0. The van der Waals surface area contributed by atoms with Crippen LogP contribution in [0.25, 0.3) is 0 Å². The van der Waals surface area contributed by atoms with Crippen molar-refractivity contribution < 1.29 is 32.9 Å². The lowest BCUT2D eigenvalue weighted by atomic mass is 9.83. The van der Waals surface area contributed by atoms with E-state index < -0.39 is 24.5 Å². The first-order chi connectivity index (χ1) is 20.7. The van der Waals surface area contributed by atoms with Gasteiger partial charge in [0.1, 0.15) is 17.3 Å². The fourth-order valence-corrected chi connectivity index (χ4v) is 6.30. The van der Waals surface area contributed by atoms with Crippen LogP contribution in [-0.4, -0.2) is 46.2 Å². The molecule has 0 aromatic carbocycles. The number of halogens is 1. The minimum absolute atomic E-state index is 0.00184. The van der Waals surface area contributed by atoms with Gasteiger partial charge in [0.2, 0.25) is 0 Å². The Balaban J connectivity index is 3.14. The summed E-state index contributed by atoms with van der Waals surface area (Å²) in [6.45, 7) is 13.1. The summed E-state index contributed by atoms with van der Waals surface area (Å²) < 4.78 is 33.1. The second-order valence-electron chi connectivity index (χ2n) is 12.1. The summed E-state index contributed by atoms with van der Waals surface area (Å²) in [4.78, 5) is 21.4. The van der Waals surface area contributed by atoms with Gasteiger partial charge in [0.05, 0.1) is 12.7 Å². The molecule has 1 aromatic rings. The fraction of sp³-hybridized carbons (Fsp3) is 0.656. The van der Waals surface area contributed by atoms with E-state index in [1.807, 2.05) is 6.08 Å². The zero-order valence-electron chi connectivity index (χ0n) is 27.3. The molecule has 0 bridgehead atoms. The number of carboxylic acid groups (broad SMARTS) is 1. The molecular weight excluding hydrogens is 607 g/mol. The standard InChI is InChI=1S/C32H52ClN2O8P/c1-26(2)13-11-14-27(3)15-12-16-28(32(4,5)6)20-24-41-44(40,42-25-29-18-19-30(43-29)35(38)39)34(23-10-8-21-33)22-9-7-17-31(36)37/h13,15,18-20H,7-12,14,16-17,21-25H2,1-6H3,(H,36,37)/b27-15+,28-20-. The highest BCUT2D eigenvalue weighted by Gasteiger charge is 2.34. The van der Waals surface area contributed by atoms with Gasteiger partial charge in [0, 0.05) is 25.4 Å². The molecule has 1 rings (SSSR count). The lowest BCUT2D eigenvalue weighted by Crippen LogP contribution is -2.26. The van der Waals surface area contributed by atoms with Gasteiger partial charge in [-0.05, 0) is 83.6 Å². The molecule has 0 aliphatic rings. The van der Waals surface area contributed by atoms with Crippen LogP contribution in [0.2, 0.25) is 0 Å². The molecule has 1 unspecified atom stereocenters. The predicted molar refractivity (Wildman–Crippen MR) is 176 cm³/mol. The number of carboxylic acids is 1. The van der Waals surface area contributed by atoms with Gasteiger partial charge in [-0.3, -0.25) is 24.0 Å². The number of rotatable bonds is 23. The van der Waals surface area contributed by atoms with Gasteiger partial charge in [-0.2, -0.15) is 0 Å². The molecule has 1 N–H and O–H groups in total. The third-order valence-electron chi connectivity index (χ3n) is 6.93. The van der Waals surface area contributed by atoms with Crippen LogP contribution in [-0.2, 0) is 25.0 Å². The summed E-state index contributed by atoms with van der Waals surface area (Å²) in [5.41, 5.74) is 3.69. The minimum Gasteiger partial charge on any atom is -0.481 e. The van der Waals surface area contributed by atoms with Gasteiger partial charge >= 0.3 is 19.6 Å². The van der Waals surface area contributed by atoms with E-state index >= 15 is 0 Å². The highest BCUT2D eigenvalue weighted by molar-refractivity contribution is 7.51. The quantitative estimate of drug-likeness (QED) is 0.0304. The Morgan fingerprint density at radius 2 is 1.68 bits per heavy atom. The molecule has 0 radical (unpaired) electrons. The minimum atomic E-state index is -3.93. The van der Waals surface area contributed by atoms with Crippen molar-refractivity contribution in [3.63, 3.8) is 0 Å². The van der Waals surface area contributed by atoms with E-state index in [-0.39, 0.29) is 37.4 Å². The Labute approximate surface area is 268 Å². The molecular formula is C32H52ClN2O8P. The van der Waals surface area contributed by atoms with E-state index in [1.54, 1.807) is 4.67 Å². The van der Waals surface area contributed by atoms with Crippen molar-refractivity contribution in [2.45, 2.75) is 106 Å². The number of unbranched alkanes of at least 4 members (excludes halogenated alkanes) is 2. The molecule has 10 nitrogen and oxygen atoms in total. The molecule has 0 fully saturated rings. The smallest absolute Gasteiger partial charge is 0.433 e. The molecule has 12 heteroatoms. The number of hydrogen-bond donors (Lipinski definition) is 1. The molecule has 1 atom stereocenters. The number of nitro groups is 1. The van der Waals surface area contributed by atoms with Crippen LogP contribution in [0.1, 0.15) is 105 Å². The van der Waals surface area contributed by atoms with Crippen molar-refractivity contribution in [3.8, 4) is 0 Å². The molecule has 0 aliphatic carbocycles. The highest BCUT2D eigenvalue weighted by Crippen LogP contribution is 2.53. The Hall–Kier alpha value is -2.23. The average molecular weight is 659 g/mol. The monoisotopic (exact) mass is 658 g/mol. The van der Waals surface area contributed by atoms with Crippen molar-refractivity contribution in [1.82, 2.24) is 4.67 Å². The third kappa shape index (κ3) is 16.7.